The molecule has 0 atom stereocenters. The largest absolute Gasteiger partial charge is 0.459 e. The zero-order chi connectivity index (χ0) is 20.1. The predicted octanol–water partition coefficient (Wildman–Crippen LogP) is 3.10. The van der Waals surface area contributed by atoms with E-state index in [2.05, 4.69) is 20.8 Å². The van der Waals surface area contributed by atoms with Crippen LogP contribution in [0.25, 0.3) is 11.7 Å². The molecule has 0 aliphatic carbocycles. The minimum atomic E-state index is -0.310. The van der Waals surface area contributed by atoms with Crippen LogP contribution >= 0.6 is 11.8 Å². The molecule has 0 fully saturated rings. The molecule has 8 nitrogen and oxygen atoms in total. The third-order valence-corrected chi connectivity index (χ3v) is 4.67. The average Bonchev–Trinajstić information content (AvgIpc) is 3.32. The number of nitrogens with one attached hydrogen (secondary N) is 2. The molecule has 146 valence electrons. The molecular formula is C19H20N4O4S. The van der Waals surface area contributed by atoms with Crippen molar-refractivity contribution < 1.29 is 18.4 Å². The predicted molar refractivity (Wildman–Crippen MR) is 105 cm³/mol. The highest BCUT2D eigenvalue weighted by molar-refractivity contribution is 7.99. The third kappa shape index (κ3) is 5.01. The molecule has 0 saturated heterocycles. The average molecular weight is 400 g/mol. The number of nitrogens with zero attached hydrogens (tertiary/aromatic N) is 2. The molecule has 0 unspecified atom stereocenters. The zero-order valence-corrected chi connectivity index (χ0v) is 16.6. The highest BCUT2D eigenvalue weighted by Crippen LogP contribution is 2.23. The summed E-state index contributed by atoms with van der Waals surface area (Å²) in [6.45, 7) is 5.76. The second kappa shape index (κ2) is 8.75. The van der Waals surface area contributed by atoms with E-state index in [0.717, 1.165) is 34.1 Å². The fourth-order valence-corrected chi connectivity index (χ4v) is 3.28. The molecule has 3 aromatic rings. The van der Waals surface area contributed by atoms with Crippen LogP contribution in [0, 0.1) is 20.8 Å². The van der Waals surface area contributed by atoms with Gasteiger partial charge in [-0.1, -0.05) is 29.5 Å². The number of thioether (sulfide) groups is 1. The van der Waals surface area contributed by atoms with Gasteiger partial charge in [0, 0.05) is 5.69 Å². The first kappa shape index (κ1) is 19.7. The third-order valence-electron chi connectivity index (χ3n) is 3.85. The summed E-state index contributed by atoms with van der Waals surface area (Å²) >= 11 is 1.08. The van der Waals surface area contributed by atoms with Crippen LogP contribution in [0.1, 0.15) is 16.7 Å². The molecule has 28 heavy (non-hydrogen) atoms. The molecule has 2 heterocycles. The lowest BCUT2D eigenvalue weighted by Gasteiger charge is -2.13. The van der Waals surface area contributed by atoms with Crippen LogP contribution in [0.2, 0.25) is 0 Å². The Morgan fingerprint density at radius 3 is 2.54 bits per heavy atom. The van der Waals surface area contributed by atoms with E-state index in [9.17, 15) is 9.59 Å². The number of benzene rings is 1. The van der Waals surface area contributed by atoms with Gasteiger partial charge in [-0.2, -0.15) is 0 Å². The number of hydrogen-bond acceptors (Lipinski definition) is 7. The fraction of sp³-hybridized carbons (Fsp3) is 0.263. The van der Waals surface area contributed by atoms with Crippen molar-refractivity contribution in [2.75, 3.05) is 17.6 Å². The van der Waals surface area contributed by atoms with Crippen molar-refractivity contribution in [3.05, 3.63) is 47.2 Å². The second-order valence-electron chi connectivity index (χ2n) is 6.24. The highest BCUT2D eigenvalue weighted by atomic mass is 32.2. The molecule has 0 saturated carbocycles. The van der Waals surface area contributed by atoms with Crippen molar-refractivity contribution in [2.45, 2.75) is 26.0 Å². The van der Waals surface area contributed by atoms with Crippen LogP contribution in [-0.2, 0) is 9.59 Å². The van der Waals surface area contributed by atoms with Crippen molar-refractivity contribution in [2.24, 2.45) is 0 Å². The zero-order valence-electron chi connectivity index (χ0n) is 15.7. The molecular weight excluding hydrogens is 380 g/mol. The van der Waals surface area contributed by atoms with Gasteiger partial charge in [-0.25, -0.2) is 0 Å². The normalized spacial score (nSPS) is 10.7. The van der Waals surface area contributed by atoms with Gasteiger partial charge in [0.1, 0.15) is 0 Å². The van der Waals surface area contributed by atoms with Crippen LogP contribution in [0.4, 0.5) is 5.69 Å². The monoisotopic (exact) mass is 400 g/mol. The Balaban J connectivity index is 1.45. The SMILES string of the molecule is Cc1cc(C)c(NC(=O)CNC(=O)CSc2nnc(-c3ccco3)o2)c(C)c1. The Kier molecular flexibility index (Phi) is 6.15. The number of furan rings is 1. The molecule has 0 spiro atoms. The molecule has 3 rings (SSSR count). The molecule has 1 aromatic carbocycles. The summed E-state index contributed by atoms with van der Waals surface area (Å²) in [4.78, 5) is 24.1. The standard InChI is InChI=1S/C19H20N4O4S/c1-11-7-12(2)17(13(3)8-11)21-15(24)9-20-16(25)10-28-19-23-22-18(27-19)14-5-4-6-26-14/h4-8H,9-10H2,1-3H3,(H,20,25)(H,21,24). The summed E-state index contributed by atoms with van der Waals surface area (Å²) in [6.07, 6.45) is 1.50. The summed E-state index contributed by atoms with van der Waals surface area (Å²) in [5.41, 5.74) is 3.87. The number of aryl methyl sites for hydroxylation is 3. The van der Waals surface area contributed by atoms with Crippen molar-refractivity contribution in [1.29, 1.82) is 0 Å². The van der Waals surface area contributed by atoms with Gasteiger partial charge >= 0.3 is 0 Å². The number of hydrogen-bond donors (Lipinski definition) is 2. The highest BCUT2D eigenvalue weighted by Gasteiger charge is 2.14. The molecule has 0 aliphatic rings. The summed E-state index contributed by atoms with van der Waals surface area (Å²) in [5, 5.41) is 13.4. The smallest absolute Gasteiger partial charge is 0.284 e. The molecule has 2 aromatic heterocycles. The first-order chi connectivity index (χ1) is 13.4. The van der Waals surface area contributed by atoms with Gasteiger partial charge in [0.25, 0.3) is 11.1 Å². The van der Waals surface area contributed by atoms with Crippen LogP contribution in [0.15, 0.2) is 44.6 Å². The maximum absolute atomic E-state index is 12.1. The van der Waals surface area contributed by atoms with Crippen molar-refractivity contribution in [3.8, 4) is 11.7 Å². The minimum absolute atomic E-state index is 0.0512. The summed E-state index contributed by atoms with van der Waals surface area (Å²) < 4.78 is 10.6. The Morgan fingerprint density at radius 2 is 1.86 bits per heavy atom. The fourth-order valence-electron chi connectivity index (χ4n) is 2.69. The maximum atomic E-state index is 12.1. The lowest BCUT2D eigenvalue weighted by atomic mass is 10.1. The summed E-state index contributed by atoms with van der Waals surface area (Å²) in [6, 6.07) is 7.41. The first-order valence-electron chi connectivity index (χ1n) is 8.57. The van der Waals surface area contributed by atoms with Gasteiger partial charge < -0.3 is 19.5 Å². The number of carbonyl (C=O) groups excluding carboxylic acids is 2. The lowest BCUT2D eigenvalue weighted by Crippen LogP contribution is -2.34. The molecule has 2 N–H and O–H groups in total. The Morgan fingerprint density at radius 1 is 1.11 bits per heavy atom. The summed E-state index contributed by atoms with van der Waals surface area (Å²) in [7, 11) is 0. The van der Waals surface area contributed by atoms with E-state index in [-0.39, 0.29) is 35.2 Å². The van der Waals surface area contributed by atoms with Crippen LogP contribution in [-0.4, -0.2) is 34.3 Å². The molecule has 0 bridgehead atoms. The van der Waals surface area contributed by atoms with E-state index in [1.165, 1.54) is 6.26 Å². The van der Waals surface area contributed by atoms with E-state index in [4.69, 9.17) is 8.83 Å². The van der Waals surface area contributed by atoms with Crippen LogP contribution in [0.3, 0.4) is 0 Å². The van der Waals surface area contributed by atoms with Gasteiger partial charge in [0.05, 0.1) is 18.6 Å². The van der Waals surface area contributed by atoms with Crippen molar-refractivity contribution in [1.82, 2.24) is 15.5 Å². The van der Waals surface area contributed by atoms with Crippen molar-refractivity contribution in [3.63, 3.8) is 0 Å². The number of rotatable bonds is 7. The Hall–Kier alpha value is -3.07. The molecule has 2 amide bonds. The number of anilines is 1. The molecule has 9 heteroatoms. The quantitative estimate of drug-likeness (QED) is 0.586. The van der Waals surface area contributed by atoms with Crippen LogP contribution in [0.5, 0.6) is 0 Å². The number of aromatic nitrogens is 2. The van der Waals surface area contributed by atoms with E-state index in [1.807, 2.05) is 32.9 Å². The second-order valence-corrected chi connectivity index (χ2v) is 7.16. The van der Waals surface area contributed by atoms with E-state index in [1.54, 1.807) is 12.1 Å². The first-order valence-corrected chi connectivity index (χ1v) is 9.55. The number of amides is 2. The van der Waals surface area contributed by atoms with Gasteiger partial charge in [0.2, 0.25) is 11.8 Å². The topological polar surface area (TPSA) is 110 Å². The van der Waals surface area contributed by atoms with E-state index >= 15 is 0 Å². The minimum Gasteiger partial charge on any atom is -0.459 e. The van der Waals surface area contributed by atoms with Gasteiger partial charge in [-0.15, -0.1) is 10.2 Å². The Labute approximate surface area is 166 Å². The van der Waals surface area contributed by atoms with E-state index < -0.39 is 0 Å². The number of carbonyl (C=O) groups is 2. The molecule has 0 aliphatic heterocycles. The molecule has 0 radical (unpaired) electrons. The van der Waals surface area contributed by atoms with Crippen LogP contribution < -0.4 is 10.6 Å². The van der Waals surface area contributed by atoms with E-state index in [0.29, 0.717) is 5.76 Å². The van der Waals surface area contributed by atoms with Crippen molar-refractivity contribution >= 4 is 29.3 Å². The van der Waals surface area contributed by atoms with Gasteiger partial charge in [-0.3, -0.25) is 9.59 Å². The van der Waals surface area contributed by atoms with Gasteiger partial charge in [-0.05, 0) is 44.0 Å². The van der Waals surface area contributed by atoms with Gasteiger partial charge in [0.15, 0.2) is 5.76 Å². The summed E-state index contributed by atoms with van der Waals surface area (Å²) in [5.74, 6) is 0.162. The maximum Gasteiger partial charge on any atom is 0.284 e. The Bertz CT molecular complexity index is 959. The lowest BCUT2D eigenvalue weighted by molar-refractivity contribution is -0.122.